The number of pyridine rings is 1. The molecule has 1 heterocycles. The lowest BCUT2D eigenvalue weighted by atomic mass is 10.2. The van der Waals surface area contributed by atoms with Gasteiger partial charge in [0, 0.05) is 9.13 Å². The number of rotatable bonds is 2. The van der Waals surface area contributed by atoms with Crippen LogP contribution in [0.15, 0.2) is 6.07 Å². The first-order chi connectivity index (χ1) is 6.06. The Kier molecular flexibility index (Phi) is 3.85. The molecular formula is C8H7ClF2IN. The van der Waals surface area contributed by atoms with E-state index in [1.165, 1.54) is 6.07 Å². The maximum atomic E-state index is 12.4. The normalized spacial score (nSPS) is 10.9. The fraction of sp³-hybridized carbons (Fsp3) is 0.375. The Balaban J connectivity index is 3.25. The Morgan fingerprint density at radius 3 is 2.69 bits per heavy atom. The number of aryl methyl sites for hydroxylation is 1. The molecule has 0 aliphatic rings. The first-order valence-electron chi connectivity index (χ1n) is 3.56. The molecule has 0 atom stereocenters. The van der Waals surface area contributed by atoms with E-state index in [4.69, 9.17) is 11.6 Å². The predicted octanol–water partition coefficient (Wildman–Crippen LogP) is 3.67. The van der Waals surface area contributed by atoms with Crippen molar-refractivity contribution in [1.29, 1.82) is 0 Å². The molecule has 0 radical (unpaired) electrons. The van der Waals surface area contributed by atoms with Crippen LogP contribution in [0.3, 0.4) is 0 Å². The Morgan fingerprint density at radius 2 is 2.23 bits per heavy atom. The zero-order valence-electron chi connectivity index (χ0n) is 6.82. The van der Waals surface area contributed by atoms with Crippen LogP contribution in [0, 0.1) is 10.5 Å². The lowest BCUT2D eigenvalue weighted by Crippen LogP contribution is -1.99. The fourth-order valence-corrected chi connectivity index (χ4v) is 1.62. The predicted molar refractivity (Wildman–Crippen MR) is 56.2 cm³/mol. The van der Waals surface area contributed by atoms with Crippen molar-refractivity contribution < 1.29 is 8.78 Å². The lowest BCUT2D eigenvalue weighted by Gasteiger charge is -2.07. The first kappa shape index (κ1) is 11.1. The summed E-state index contributed by atoms with van der Waals surface area (Å²) in [5, 5.41) is 0. The molecule has 0 N–H and O–H groups in total. The quantitative estimate of drug-likeness (QED) is 0.599. The van der Waals surface area contributed by atoms with E-state index in [2.05, 4.69) is 4.98 Å². The van der Waals surface area contributed by atoms with E-state index in [0.29, 0.717) is 15.0 Å². The Labute approximate surface area is 93.6 Å². The largest absolute Gasteiger partial charge is 0.265 e. The third kappa shape index (κ3) is 2.49. The molecule has 0 bridgehead atoms. The van der Waals surface area contributed by atoms with Crippen LogP contribution in [-0.4, -0.2) is 4.98 Å². The molecule has 1 nitrogen and oxygen atoms in total. The van der Waals surface area contributed by atoms with E-state index in [1.807, 2.05) is 22.6 Å². The van der Waals surface area contributed by atoms with Gasteiger partial charge in [-0.15, -0.1) is 11.6 Å². The van der Waals surface area contributed by atoms with Crippen LogP contribution in [0.25, 0.3) is 0 Å². The Bertz CT molecular complexity index is 317. The highest BCUT2D eigenvalue weighted by Crippen LogP contribution is 2.26. The van der Waals surface area contributed by atoms with E-state index >= 15 is 0 Å². The smallest absolute Gasteiger partial charge is 0.256 e. The molecule has 0 spiro atoms. The van der Waals surface area contributed by atoms with Crippen molar-refractivity contribution in [3.05, 3.63) is 26.6 Å². The van der Waals surface area contributed by atoms with Crippen LogP contribution in [0.4, 0.5) is 8.78 Å². The maximum Gasteiger partial charge on any atom is 0.265 e. The molecule has 0 aliphatic carbocycles. The number of alkyl halides is 3. The van der Waals surface area contributed by atoms with E-state index in [0.717, 1.165) is 0 Å². The number of aromatic nitrogens is 1. The highest BCUT2D eigenvalue weighted by molar-refractivity contribution is 14.1. The van der Waals surface area contributed by atoms with E-state index < -0.39 is 6.43 Å². The topological polar surface area (TPSA) is 12.9 Å². The van der Waals surface area contributed by atoms with Gasteiger partial charge in [0.2, 0.25) is 0 Å². The molecule has 1 aromatic heterocycles. The van der Waals surface area contributed by atoms with E-state index in [-0.39, 0.29) is 11.4 Å². The van der Waals surface area contributed by atoms with Gasteiger partial charge in [-0.05, 0) is 35.6 Å². The summed E-state index contributed by atoms with van der Waals surface area (Å²) in [6.07, 6.45) is -2.46. The van der Waals surface area contributed by atoms with Gasteiger partial charge in [-0.2, -0.15) is 0 Å². The van der Waals surface area contributed by atoms with Crippen molar-refractivity contribution in [1.82, 2.24) is 4.98 Å². The summed E-state index contributed by atoms with van der Waals surface area (Å²) >= 11 is 7.39. The summed E-state index contributed by atoms with van der Waals surface area (Å²) in [5.74, 6) is 0.164. The number of hydrogen-bond donors (Lipinski definition) is 0. The Morgan fingerprint density at radius 1 is 1.62 bits per heavy atom. The molecule has 13 heavy (non-hydrogen) atoms. The fourth-order valence-electron chi connectivity index (χ4n) is 0.976. The van der Waals surface area contributed by atoms with Crippen LogP contribution >= 0.6 is 34.2 Å². The van der Waals surface area contributed by atoms with Gasteiger partial charge in [-0.3, -0.25) is 4.98 Å². The Hall–Kier alpha value is 0.0300. The van der Waals surface area contributed by atoms with Crippen molar-refractivity contribution in [2.75, 3.05) is 0 Å². The highest BCUT2D eigenvalue weighted by Gasteiger charge is 2.15. The molecule has 0 fully saturated rings. The SMILES string of the molecule is Cc1nc(CCl)cc(C(F)F)c1I. The molecule has 0 aromatic carbocycles. The summed E-state index contributed by atoms with van der Waals surface area (Å²) in [6, 6.07) is 1.35. The first-order valence-corrected chi connectivity index (χ1v) is 5.17. The van der Waals surface area contributed by atoms with Crippen molar-refractivity contribution in [3.63, 3.8) is 0 Å². The lowest BCUT2D eigenvalue weighted by molar-refractivity contribution is 0.150. The number of halogens is 4. The van der Waals surface area contributed by atoms with Gasteiger partial charge >= 0.3 is 0 Å². The molecule has 0 saturated heterocycles. The number of nitrogens with zero attached hydrogens (tertiary/aromatic N) is 1. The van der Waals surface area contributed by atoms with Crippen molar-refractivity contribution in [3.8, 4) is 0 Å². The van der Waals surface area contributed by atoms with Crippen LogP contribution in [0.2, 0.25) is 0 Å². The summed E-state index contributed by atoms with van der Waals surface area (Å²) < 4.78 is 25.4. The van der Waals surface area contributed by atoms with Crippen LogP contribution in [-0.2, 0) is 5.88 Å². The minimum absolute atomic E-state index is 0.0174. The van der Waals surface area contributed by atoms with E-state index in [9.17, 15) is 8.78 Å². The molecule has 5 heteroatoms. The van der Waals surface area contributed by atoms with Gasteiger partial charge in [0.25, 0.3) is 6.43 Å². The molecule has 1 rings (SSSR count). The van der Waals surface area contributed by atoms with Gasteiger partial charge < -0.3 is 0 Å². The summed E-state index contributed by atoms with van der Waals surface area (Å²) in [4.78, 5) is 4.06. The molecule has 72 valence electrons. The average molecular weight is 318 g/mol. The van der Waals surface area contributed by atoms with Gasteiger partial charge in [-0.25, -0.2) is 8.78 Å². The monoisotopic (exact) mass is 317 g/mol. The molecule has 0 saturated carbocycles. The van der Waals surface area contributed by atoms with Gasteiger partial charge in [0.05, 0.1) is 17.3 Å². The summed E-state index contributed by atoms with van der Waals surface area (Å²) in [6.45, 7) is 1.70. The van der Waals surface area contributed by atoms with Gasteiger partial charge in [0.1, 0.15) is 0 Å². The molecule has 0 aliphatic heterocycles. The van der Waals surface area contributed by atoms with E-state index in [1.54, 1.807) is 6.92 Å². The zero-order valence-corrected chi connectivity index (χ0v) is 9.73. The third-order valence-corrected chi connectivity index (χ3v) is 3.25. The minimum atomic E-state index is -2.46. The molecule has 0 amide bonds. The minimum Gasteiger partial charge on any atom is -0.256 e. The molecular weight excluding hydrogens is 310 g/mol. The van der Waals surface area contributed by atoms with Gasteiger partial charge in [-0.1, -0.05) is 0 Å². The highest BCUT2D eigenvalue weighted by atomic mass is 127. The van der Waals surface area contributed by atoms with Crippen molar-refractivity contribution in [2.45, 2.75) is 19.2 Å². The second-order valence-electron chi connectivity index (χ2n) is 2.54. The van der Waals surface area contributed by atoms with Crippen LogP contribution in [0.1, 0.15) is 23.4 Å². The van der Waals surface area contributed by atoms with Crippen molar-refractivity contribution in [2.24, 2.45) is 0 Å². The van der Waals surface area contributed by atoms with Crippen LogP contribution < -0.4 is 0 Å². The van der Waals surface area contributed by atoms with Gasteiger partial charge in [0.15, 0.2) is 0 Å². The van der Waals surface area contributed by atoms with Crippen LogP contribution in [0.5, 0.6) is 0 Å². The number of hydrogen-bond acceptors (Lipinski definition) is 1. The second kappa shape index (κ2) is 4.50. The molecule has 1 aromatic rings. The standard InChI is InChI=1S/C8H7ClF2IN/c1-4-7(12)6(8(10)11)2-5(3-9)13-4/h2,8H,3H2,1H3. The average Bonchev–Trinajstić information content (AvgIpc) is 2.09. The molecule has 0 unspecified atom stereocenters. The summed E-state index contributed by atoms with van der Waals surface area (Å²) in [7, 11) is 0. The van der Waals surface area contributed by atoms with Crippen molar-refractivity contribution >= 4 is 34.2 Å². The summed E-state index contributed by atoms with van der Waals surface area (Å²) in [5.41, 5.74) is 1.12. The third-order valence-electron chi connectivity index (χ3n) is 1.58. The zero-order chi connectivity index (χ0) is 10.0. The second-order valence-corrected chi connectivity index (χ2v) is 3.88. The maximum absolute atomic E-state index is 12.4.